The predicted molar refractivity (Wildman–Crippen MR) is 134 cm³/mol. The first-order valence-corrected chi connectivity index (χ1v) is 11.4. The van der Waals surface area contributed by atoms with Crippen molar-refractivity contribution in [2.45, 2.75) is 54.4 Å². The van der Waals surface area contributed by atoms with Gasteiger partial charge in [-0.05, 0) is 70.8 Å². The fraction of sp³-hybridized carbons (Fsp3) is 0.308. The van der Waals surface area contributed by atoms with Crippen molar-refractivity contribution in [3.8, 4) is 0 Å². The number of halogens is 1. The summed E-state index contributed by atoms with van der Waals surface area (Å²) in [7, 11) is 0. The van der Waals surface area contributed by atoms with Gasteiger partial charge in [-0.25, -0.2) is 0 Å². The lowest BCUT2D eigenvalue weighted by atomic mass is 10.1. The molecular weight excluding hydrogens is 455 g/mol. The Morgan fingerprint density at radius 3 is 1.86 bits per heavy atom. The smallest absolute Gasteiger partial charge is 0.135 e. The van der Waals surface area contributed by atoms with Gasteiger partial charge in [0.1, 0.15) is 11.2 Å². The number of benzene rings is 3. The molecule has 3 aromatic carbocycles. The summed E-state index contributed by atoms with van der Waals surface area (Å²) in [6.07, 6.45) is 2.18. The van der Waals surface area contributed by atoms with Crippen molar-refractivity contribution < 1.29 is 4.42 Å². The number of fused-ring (bicyclic) bond motifs is 3. The molecule has 0 aliphatic carbocycles. The molecule has 0 fully saturated rings. The van der Waals surface area contributed by atoms with Gasteiger partial charge in [0.25, 0.3) is 0 Å². The van der Waals surface area contributed by atoms with Gasteiger partial charge in [-0.1, -0.05) is 84.0 Å². The minimum atomic E-state index is 0.973. The van der Waals surface area contributed by atoms with E-state index in [0.717, 1.165) is 24.0 Å². The van der Waals surface area contributed by atoms with Crippen LogP contribution >= 0.6 is 22.6 Å². The van der Waals surface area contributed by atoms with Crippen LogP contribution in [0, 0.1) is 3.57 Å². The normalized spacial score (nSPS) is 9.54. The standard InChI is InChI=1S/C14H12O.C8H9I.2C2H6/c1-2-10-7-8-12-11-5-3-4-6-13(11)15-14(12)9-10;1-2-7-4-3-5-8(9)6-7;2*1-2/h3-9H,2H2,1H3;3-6H,2H2,1H3;2*1-2H3. The Bertz CT molecular complexity index is 953. The van der Waals surface area contributed by atoms with Gasteiger partial charge < -0.3 is 4.42 Å². The van der Waals surface area contributed by atoms with Crippen molar-refractivity contribution in [3.63, 3.8) is 0 Å². The van der Waals surface area contributed by atoms with Crippen LogP contribution in [0.4, 0.5) is 0 Å². The molecule has 0 atom stereocenters. The van der Waals surface area contributed by atoms with E-state index in [9.17, 15) is 0 Å². The molecule has 0 unspecified atom stereocenters. The average Bonchev–Trinajstić information content (AvgIpc) is 3.14. The van der Waals surface area contributed by atoms with Gasteiger partial charge >= 0.3 is 0 Å². The first-order chi connectivity index (χ1) is 13.7. The summed E-state index contributed by atoms with van der Waals surface area (Å²) in [5.41, 5.74) is 4.71. The molecule has 2 heteroatoms. The van der Waals surface area contributed by atoms with Crippen LogP contribution in [0.15, 0.2) is 71.1 Å². The molecule has 0 amide bonds. The van der Waals surface area contributed by atoms with E-state index in [-0.39, 0.29) is 0 Å². The second-order valence-electron chi connectivity index (χ2n) is 5.77. The third kappa shape index (κ3) is 6.66. The quantitative estimate of drug-likeness (QED) is 0.257. The monoisotopic (exact) mass is 488 g/mol. The van der Waals surface area contributed by atoms with Crippen molar-refractivity contribution >= 4 is 44.5 Å². The van der Waals surface area contributed by atoms with Gasteiger partial charge in [0.15, 0.2) is 0 Å². The van der Waals surface area contributed by atoms with E-state index >= 15 is 0 Å². The summed E-state index contributed by atoms with van der Waals surface area (Å²) in [5, 5.41) is 2.41. The lowest BCUT2D eigenvalue weighted by Gasteiger charge is -1.94. The van der Waals surface area contributed by atoms with Crippen molar-refractivity contribution in [2.75, 3.05) is 0 Å². The van der Waals surface area contributed by atoms with Gasteiger partial charge in [-0.3, -0.25) is 0 Å². The van der Waals surface area contributed by atoms with E-state index < -0.39 is 0 Å². The molecule has 1 nitrogen and oxygen atoms in total. The van der Waals surface area contributed by atoms with Crippen LogP contribution in [-0.2, 0) is 12.8 Å². The van der Waals surface area contributed by atoms with Crippen LogP contribution in [0.5, 0.6) is 0 Å². The number of hydrogen-bond acceptors (Lipinski definition) is 1. The van der Waals surface area contributed by atoms with Crippen LogP contribution in [0.25, 0.3) is 21.9 Å². The third-order valence-corrected chi connectivity index (χ3v) is 4.82. The zero-order valence-electron chi connectivity index (χ0n) is 18.1. The maximum absolute atomic E-state index is 5.79. The molecule has 0 radical (unpaired) electrons. The molecule has 4 aromatic rings. The van der Waals surface area contributed by atoms with Crippen LogP contribution in [0.1, 0.15) is 52.7 Å². The molecule has 0 bridgehead atoms. The second kappa shape index (κ2) is 13.4. The van der Waals surface area contributed by atoms with Gasteiger partial charge in [-0.15, -0.1) is 0 Å². The summed E-state index contributed by atoms with van der Waals surface area (Å²) in [6, 6.07) is 23.2. The highest BCUT2D eigenvalue weighted by atomic mass is 127. The summed E-state index contributed by atoms with van der Waals surface area (Å²) < 4.78 is 7.12. The first-order valence-electron chi connectivity index (χ1n) is 10.4. The number of para-hydroxylation sites is 1. The molecule has 28 heavy (non-hydrogen) atoms. The van der Waals surface area contributed by atoms with Crippen LogP contribution in [0.2, 0.25) is 0 Å². The second-order valence-corrected chi connectivity index (χ2v) is 7.01. The fourth-order valence-corrected chi connectivity index (χ4v) is 3.35. The van der Waals surface area contributed by atoms with Crippen LogP contribution < -0.4 is 0 Å². The molecule has 1 aromatic heterocycles. The Kier molecular flexibility index (Phi) is 11.6. The van der Waals surface area contributed by atoms with Gasteiger partial charge in [-0.2, -0.15) is 0 Å². The average molecular weight is 488 g/mol. The van der Waals surface area contributed by atoms with Crippen molar-refractivity contribution in [2.24, 2.45) is 0 Å². The van der Waals surface area contributed by atoms with E-state index in [2.05, 4.69) is 85.0 Å². The third-order valence-electron chi connectivity index (χ3n) is 4.15. The highest BCUT2D eigenvalue weighted by molar-refractivity contribution is 14.1. The van der Waals surface area contributed by atoms with Crippen LogP contribution in [-0.4, -0.2) is 0 Å². The maximum Gasteiger partial charge on any atom is 0.135 e. The Hall–Kier alpha value is -1.81. The lowest BCUT2D eigenvalue weighted by molar-refractivity contribution is 0.668. The number of hydrogen-bond donors (Lipinski definition) is 0. The molecule has 0 spiro atoms. The van der Waals surface area contributed by atoms with Gasteiger partial charge in [0.2, 0.25) is 0 Å². The van der Waals surface area contributed by atoms with E-state index in [1.165, 1.54) is 25.5 Å². The number of furan rings is 1. The molecule has 150 valence electrons. The Morgan fingerprint density at radius 2 is 1.25 bits per heavy atom. The highest BCUT2D eigenvalue weighted by Crippen LogP contribution is 2.28. The topological polar surface area (TPSA) is 13.1 Å². The van der Waals surface area contributed by atoms with Crippen molar-refractivity contribution in [1.29, 1.82) is 0 Å². The molecule has 0 aliphatic rings. The summed E-state index contributed by atoms with van der Waals surface area (Å²) in [6.45, 7) is 12.3. The minimum absolute atomic E-state index is 0.973. The SMILES string of the molecule is CC.CC.CCc1ccc2c(c1)oc1ccccc12.CCc1cccc(I)c1. The molecule has 4 rings (SSSR count). The molecule has 0 N–H and O–H groups in total. The Labute approximate surface area is 184 Å². The van der Waals surface area contributed by atoms with Gasteiger partial charge in [0, 0.05) is 14.3 Å². The molecule has 1 heterocycles. The fourth-order valence-electron chi connectivity index (χ4n) is 2.75. The summed E-state index contributed by atoms with van der Waals surface area (Å²) >= 11 is 2.33. The molecule has 0 saturated carbocycles. The van der Waals surface area contributed by atoms with E-state index in [1.807, 2.05) is 45.9 Å². The largest absolute Gasteiger partial charge is 0.456 e. The zero-order chi connectivity index (χ0) is 20.9. The number of aryl methyl sites for hydroxylation is 2. The Morgan fingerprint density at radius 1 is 0.643 bits per heavy atom. The van der Waals surface area contributed by atoms with Crippen molar-refractivity contribution in [3.05, 3.63) is 81.4 Å². The lowest BCUT2D eigenvalue weighted by Crippen LogP contribution is -1.78. The van der Waals surface area contributed by atoms with E-state index in [0.29, 0.717) is 0 Å². The van der Waals surface area contributed by atoms with E-state index in [4.69, 9.17) is 4.42 Å². The summed E-state index contributed by atoms with van der Waals surface area (Å²) in [4.78, 5) is 0. The molecule has 0 saturated heterocycles. The summed E-state index contributed by atoms with van der Waals surface area (Å²) in [5.74, 6) is 0. The highest BCUT2D eigenvalue weighted by Gasteiger charge is 2.05. The minimum Gasteiger partial charge on any atom is -0.456 e. The molecular formula is C26H33IO. The predicted octanol–water partition coefficient (Wildman–Crippen LogP) is 9.05. The first kappa shape index (κ1) is 24.2. The number of rotatable bonds is 2. The molecule has 0 aliphatic heterocycles. The van der Waals surface area contributed by atoms with E-state index in [1.54, 1.807) is 0 Å². The maximum atomic E-state index is 5.79. The van der Waals surface area contributed by atoms with Gasteiger partial charge in [0.05, 0.1) is 0 Å². The van der Waals surface area contributed by atoms with Crippen molar-refractivity contribution in [1.82, 2.24) is 0 Å². The Balaban J connectivity index is 0.000000260. The zero-order valence-corrected chi connectivity index (χ0v) is 20.2. The van der Waals surface area contributed by atoms with Crippen LogP contribution in [0.3, 0.4) is 0 Å².